The minimum absolute atomic E-state index is 0.123. The van der Waals surface area contributed by atoms with Gasteiger partial charge in [-0.1, -0.05) is 0 Å². The van der Waals surface area contributed by atoms with Crippen molar-refractivity contribution in [1.82, 2.24) is 0 Å². The summed E-state index contributed by atoms with van der Waals surface area (Å²) in [5.41, 5.74) is 0.253. The predicted octanol–water partition coefficient (Wildman–Crippen LogP) is 2.20. The molecule has 82 valence electrons. The van der Waals surface area contributed by atoms with E-state index in [-0.39, 0.29) is 22.7 Å². The van der Waals surface area contributed by atoms with Crippen LogP contribution in [0.4, 0.5) is 5.69 Å². The Bertz CT molecular complexity index is 506. The summed E-state index contributed by atoms with van der Waals surface area (Å²) in [6.45, 7) is 1.57. The molecule has 0 aromatic heterocycles. The van der Waals surface area contributed by atoms with Gasteiger partial charge >= 0.3 is 0 Å². The van der Waals surface area contributed by atoms with Crippen molar-refractivity contribution in [3.8, 4) is 6.07 Å². The molecular formula is C10H7ClN2O3. The number of nitriles is 1. The van der Waals surface area contributed by atoms with Crippen LogP contribution in [0.15, 0.2) is 12.1 Å². The van der Waals surface area contributed by atoms with Gasteiger partial charge in [0.1, 0.15) is 0 Å². The van der Waals surface area contributed by atoms with Crippen LogP contribution in [0.1, 0.15) is 21.5 Å². The van der Waals surface area contributed by atoms with E-state index >= 15 is 0 Å². The number of aryl methyl sites for hydroxylation is 1. The number of alkyl halides is 1. The third-order valence-corrected chi connectivity index (χ3v) is 2.32. The topological polar surface area (TPSA) is 84.0 Å². The smallest absolute Gasteiger partial charge is 0.280 e. The Kier molecular flexibility index (Phi) is 3.59. The molecule has 0 unspecified atom stereocenters. The van der Waals surface area contributed by atoms with E-state index in [9.17, 15) is 14.9 Å². The lowest BCUT2D eigenvalue weighted by atomic mass is 10.0. The molecule has 0 aliphatic rings. The van der Waals surface area contributed by atoms with Crippen LogP contribution in [0.5, 0.6) is 0 Å². The van der Waals surface area contributed by atoms with E-state index in [1.54, 1.807) is 6.92 Å². The predicted molar refractivity (Wildman–Crippen MR) is 57.6 cm³/mol. The molecular weight excluding hydrogens is 232 g/mol. The van der Waals surface area contributed by atoms with Crippen molar-refractivity contribution >= 4 is 23.1 Å². The van der Waals surface area contributed by atoms with Gasteiger partial charge in [-0.05, 0) is 18.6 Å². The maximum Gasteiger partial charge on any atom is 0.280 e. The number of ketones is 1. The first-order chi connectivity index (χ1) is 7.51. The molecule has 1 aromatic rings. The zero-order chi connectivity index (χ0) is 12.3. The summed E-state index contributed by atoms with van der Waals surface area (Å²) in [6, 6.07) is 4.28. The van der Waals surface area contributed by atoms with Crippen LogP contribution in [-0.2, 0) is 0 Å². The Morgan fingerprint density at radius 1 is 1.62 bits per heavy atom. The normalized spacial score (nSPS) is 9.56. The Morgan fingerprint density at radius 2 is 2.25 bits per heavy atom. The fourth-order valence-corrected chi connectivity index (χ4v) is 1.40. The number of halogens is 1. The highest BCUT2D eigenvalue weighted by atomic mass is 35.5. The maximum absolute atomic E-state index is 11.4. The van der Waals surface area contributed by atoms with E-state index in [2.05, 4.69) is 0 Å². The van der Waals surface area contributed by atoms with Gasteiger partial charge in [0.2, 0.25) is 0 Å². The van der Waals surface area contributed by atoms with E-state index in [4.69, 9.17) is 16.9 Å². The largest absolute Gasteiger partial charge is 0.293 e. The van der Waals surface area contributed by atoms with Crippen molar-refractivity contribution < 1.29 is 9.72 Å². The number of hydrogen-bond acceptors (Lipinski definition) is 4. The number of carbonyl (C=O) groups excluding carboxylic acids is 1. The summed E-state index contributed by atoms with van der Waals surface area (Å²) < 4.78 is 0. The molecule has 6 heteroatoms. The zero-order valence-corrected chi connectivity index (χ0v) is 9.11. The van der Waals surface area contributed by atoms with E-state index in [0.29, 0.717) is 5.56 Å². The van der Waals surface area contributed by atoms with Crippen LogP contribution in [0, 0.1) is 28.4 Å². The minimum atomic E-state index is -0.659. The molecule has 0 aliphatic heterocycles. The molecule has 0 amide bonds. The number of Topliss-reactive ketones (excluding diaryl/α,β-unsaturated/α-hetero) is 1. The van der Waals surface area contributed by atoms with Gasteiger partial charge in [0, 0.05) is 6.07 Å². The standard InChI is InChI=1S/C10H7ClN2O3/c1-6-2-9(13(15)16)8(10(14)4-11)3-7(6)5-12/h2-3H,4H2,1H3. The Morgan fingerprint density at radius 3 is 2.69 bits per heavy atom. The monoisotopic (exact) mass is 238 g/mol. The van der Waals surface area contributed by atoms with Crippen LogP contribution in [0.3, 0.4) is 0 Å². The first-order valence-electron chi connectivity index (χ1n) is 4.29. The number of benzene rings is 1. The molecule has 0 saturated heterocycles. The Hall–Kier alpha value is -1.93. The third kappa shape index (κ3) is 2.18. The summed E-state index contributed by atoms with van der Waals surface area (Å²) >= 11 is 5.34. The van der Waals surface area contributed by atoms with Crippen molar-refractivity contribution in [2.24, 2.45) is 0 Å². The molecule has 0 atom stereocenters. The Labute approximate surface area is 96.4 Å². The van der Waals surface area contributed by atoms with Gasteiger partial charge in [0.15, 0.2) is 5.78 Å². The van der Waals surface area contributed by atoms with Crippen molar-refractivity contribution in [1.29, 1.82) is 5.26 Å². The molecule has 0 heterocycles. The summed E-state index contributed by atoms with van der Waals surface area (Å²) in [4.78, 5) is 21.4. The molecule has 16 heavy (non-hydrogen) atoms. The fraction of sp³-hybridized carbons (Fsp3) is 0.200. The van der Waals surface area contributed by atoms with Crippen molar-refractivity contribution in [2.45, 2.75) is 6.92 Å². The van der Waals surface area contributed by atoms with Crippen LogP contribution in [-0.4, -0.2) is 16.6 Å². The number of nitro benzene ring substituents is 1. The summed E-state index contributed by atoms with van der Waals surface area (Å²) in [5.74, 6) is -0.917. The van der Waals surface area contributed by atoms with Crippen LogP contribution >= 0.6 is 11.6 Å². The van der Waals surface area contributed by atoms with Crippen LogP contribution in [0.2, 0.25) is 0 Å². The quantitative estimate of drug-likeness (QED) is 0.350. The van der Waals surface area contributed by atoms with Crippen molar-refractivity contribution in [3.63, 3.8) is 0 Å². The van der Waals surface area contributed by atoms with Gasteiger partial charge in [-0.2, -0.15) is 5.26 Å². The second-order valence-electron chi connectivity index (χ2n) is 3.11. The minimum Gasteiger partial charge on any atom is -0.293 e. The maximum atomic E-state index is 11.4. The molecule has 0 fully saturated rings. The van der Waals surface area contributed by atoms with Gasteiger partial charge < -0.3 is 0 Å². The molecule has 0 bridgehead atoms. The van der Waals surface area contributed by atoms with Crippen molar-refractivity contribution in [2.75, 3.05) is 5.88 Å². The van der Waals surface area contributed by atoms with E-state index in [1.807, 2.05) is 6.07 Å². The second kappa shape index (κ2) is 4.73. The first kappa shape index (κ1) is 12.1. The molecule has 0 N–H and O–H groups in total. The molecule has 5 nitrogen and oxygen atoms in total. The number of rotatable bonds is 3. The number of carbonyl (C=O) groups is 1. The highest BCUT2D eigenvalue weighted by Crippen LogP contribution is 2.23. The number of hydrogen-bond donors (Lipinski definition) is 0. The van der Waals surface area contributed by atoms with Gasteiger partial charge in [0.25, 0.3) is 5.69 Å². The second-order valence-corrected chi connectivity index (χ2v) is 3.38. The average Bonchev–Trinajstić information content (AvgIpc) is 2.27. The molecule has 1 aromatic carbocycles. The molecule has 0 aliphatic carbocycles. The lowest BCUT2D eigenvalue weighted by Gasteiger charge is -2.03. The Balaban J connectivity index is 3.50. The highest BCUT2D eigenvalue weighted by molar-refractivity contribution is 6.31. The van der Waals surface area contributed by atoms with Gasteiger partial charge in [-0.3, -0.25) is 14.9 Å². The van der Waals surface area contributed by atoms with Gasteiger partial charge in [-0.25, -0.2) is 0 Å². The first-order valence-corrected chi connectivity index (χ1v) is 4.83. The van der Waals surface area contributed by atoms with E-state index < -0.39 is 10.7 Å². The molecule has 0 saturated carbocycles. The van der Waals surface area contributed by atoms with Crippen molar-refractivity contribution in [3.05, 3.63) is 38.9 Å². The summed E-state index contributed by atoms with van der Waals surface area (Å²) in [6.07, 6.45) is 0. The molecule has 0 spiro atoms. The van der Waals surface area contributed by atoms with Gasteiger partial charge in [0.05, 0.1) is 28.0 Å². The summed E-state index contributed by atoms with van der Waals surface area (Å²) in [7, 11) is 0. The number of nitrogens with zero attached hydrogens (tertiary/aromatic N) is 2. The SMILES string of the molecule is Cc1cc([N+](=O)[O-])c(C(=O)CCl)cc1C#N. The van der Waals surface area contributed by atoms with Gasteiger partial charge in [-0.15, -0.1) is 11.6 Å². The zero-order valence-electron chi connectivity index (χ0n) is 8.36. The fourth-order valence-electron chi connectivity index (χ4n) is 1.26. The lowest BCUT2D eigenvalue weighted by molar-refractivity contribution is -0.385. The highest BCUT2D eigenvalue weighted by Gasteiger charge is 2.21. The van der Waals surface area contributed by atoms with Crippen LogP contribution < -0.4 is 0 Å². The van der Waals surface area contributed by atoms with E-state index in [1.165, 1.54) is 12.1 Å². The third-order valence-electron chi connectivity index (χ3n) is 2.08. The van der Waals surface area contributed by atoms with Crippen LogP contribution in [0.25, 0.3) is 0 Å². The average molecular weight is 239 g/mol. The number of nitro groups is 1. The lowest BCUT2D eigenvalue weighted by Crippen LogP contribution is -2.06. The molecule has 0 radical (unpaired) electrons. The summed E-state index contributed by atoms with van der Waals surface area (Å²) in [5, 5.41) is 19.5. The van der Waals surface area contributed by atoms with E-state index in [0.717, 1.165) is 0 Å². The molecule has 1 rings (SSSR count).